The van der Waals surface area contributed by atoms with Crippen molar-refractivity contribution in [3.05, 3.63) is 0 Å². The molecule has 1 aliphatic rings. The van der Waals surface area contributed by atoms with E-state index in [9.17, 15) is 4.79 Å². The summed E-state index contributed by atoms with van der Waals surface area (Å²) in [7, 11) is 0. The Morgan fingerprint density at radius 3 is 2.62 bits per heavy atom. The lowest BCUT2D eigenvalue weighted by atomic mass is 10.1. The number of amides is 1. The Labute approximate surface area is 80.3 Å². The molecule has 0 aromatic rings. The van der Waals surface area contributed by atoms with Gasteiger partial charge in [0.1, 0.15) is 0 Å². The van der Waals surface area contributed by atoms with Gasteiger partial charge < -0.3 is 10.6 Å². The molecular formula is C10H20N2O. The van der Waals surface area contributed by atoms with Gasteiger partial charge in [-0.3, -0.25) is 4.79 Å². The minimum Gasteiger partial charge on any atom is -0.338 e. The maximum Gasteiger partial charge on any atom is 0.225 e. The summed E-state index contributed by atoms with van der Waals surface area (Å²) in [6.45, 7) is 6.88. The zero-order valence-electron chi connectivity index (χ0n) is 8.79. The van der Waals surface area contributed by atoms with Crippen molar-refractivity contribution in [1.82, 2.24) is 4.90 Å². The Bertz CT molecular complexity index is 193. The van der Waals surface area contributed by atoms with Gasteiger partial charge in [0.15, 0.2) is 0 Å². The number of likely N-dealkylation sites (tertiary alicyclic amines) is 1. The number of rotatable bonds is 3. The van der Waals surface area contributed by atoms with Crippen LogP contribution in [0.5, 0.6) is 0 Å². The van der Waals surface area contributed by atoms with E-state index in [0.717, 1.165) is 19.4 Å². The van der Waals surface area contributed by atoms with E-state index in [0.29, 0.717) is 6.04 Å². The summed E-state index contributed by atoms with van der Waals surface area (Å²) < 4.78 is 0. The van der Waals surface area contributed by atoms with Gasteiger partial charge in [0, 0.05) is 24.5 Å². The molecule has 0 aliphatic carbocycles. The molecule has 0 aromatic heterocycles. The Morgan fingerprint density at radius 2 is 2.23 bits per heavy atom. The number of nitrogens with two attached hydrogens (primary N) is 1. The molecule has 3 nitrogen and oxygen atoms in total. The van der Waals surface area contributed by atoms with Crippen LogP contribution in [0.2, 0.25) is 0 Å². The molecule has 3 heteroatoms. The lowest BCUT2D eigenvalue weighted by Gasteiger charge is -2.24. The number of carbonyl (C=O) groups excluding carboxylic acids is 1. The molecule has 1 aliphatic heterocycles. The molecule has 3 atom stereocenters. The fourth-order valence-electron chi connectivity index (χ4n) is 1.89. The monoisotopic (exact) mass is 184 g/mol. The van der Waals surface area contributed by atoms with Crippen molar-refractivity contribution in [3.8, 4) is 0 Å². The van der Waals surface area contributed by atoms with Crippen LogP contribution >= 0.6 is 0 Å². The van der Waals surface area contributed by atoms with Crippen molar-refractivity contribution >= 4 is 5.91 Å². The first kappa shape index (κ1) is 10.5. The van der Waals surface area contributed by atoms with Crippen LogP contribution in [0.4, 0.5) is 0 Å². The molecule has 0 spiro atoms. The minimum absolute atomic E-state index is 0.136. The molecule has 1 amide bonds. The lowest BCUT2D eigenvalue weighted by Crippen LogP contribution is -2.41. The van der Waals surface area contributed by atoms with Crippen molar-refractivity contribution in [3.63, 3.8) is 0 Å². The first-order valence-electron chi connectivity index (χ1n) is 5.12. The normalized spacial score (nSPS) is 31.1. The first-order valence-corrected chi connectivity index (χ1v) is 5.12. The van der Waals surface area contributed by atoms with Gasteiger partial charge in [0.2, 0.25) is 5.91 Å². The molecule has 76 valence electrons. The molecule has 1 saturated heterocycles. The Kier molecular flexibility index (Phi) is 3.31. The van der Waals surface area contributed by atoms with Crippen LogP contribution in [-0.2, 0) is 4.79 Å². The van der Waals surface area contributed by atoms with Gasteiger partial charge in [-0.15, -0.1) is 0 Å². The average Bonchev–Trinajstić information content (AvgIpc) is 2.32. The van der Waals surface area contributed by atoms with Crippen LogP contribution in [0.25, 0.3) is 0 Å². The third-order valence-corrected chi connectivity index (χ3v) is 2.89. The summed E-state index contributed by atoms with van der Waals surface area (Å²) in [5, 5.41) is 0. The molecule has 0 saturated carbocycles. The first-order chi connectivity index (χ1) is 6.06. The highest BCUT2D eigenvalue weighted by Crippen LogP contribution is 2.23. The minimum atomic E-state index is 0.136. The fourth-order valence-corrected chi connectivity index (χ4v) is 1.89. The van der Waals surface area contributed by atoms with Gasteiger partial charge in [-0.2, -0.15) is 0 Å². The molecule has 13 heavy (non-hydrogen) atoms. The molecule has 1 fully saturated rings. The van der Waals surface area contributed by atoms with Gasteiger partial charge in [0.05, 0.1) is 0 Å². The van der Waals surface area contributed by atoms with E-state index in [-0.39, 0.29) is 17.9 Å². The SMILES string of the molecule is CCC(N)CN1C(=O)C(C)CC1C. The quantitative estimate of drug-likeness (QED) is 0.710. The van der Waals surface area contributed by atoms with E-state index in [4.69, 9.17) is 5.73 Å². The third-order valence-electron chi connectivity index (χ3n) is 2.89. The highest BCUT2D eigenvalue weighted by atomic mass is 16.2. The van der Waals surface area contributed by atoms with Crippen molar-refractivity contribution < 1.29 is 4.79 Å². The Hall–Kier alpha value is -0.570. The predicted molar refractivity (Wildman–Crippen MR) is 53.2 cm³/mol. The van der Waals surface area contributed by atoms with Crippen molar-refractivity contribution in [2.75, 3.05) is 6.54 Å². The molecule has 0 radical (unpaired) electrons. The third kappa shape index (κ3) is 2.21. The van der Waals surface area contributed by atoms with Crippen molar-refractivity contribution in [1.29, 1.82) is 0 Å². The maximum atomic E-state index is 11.6. The van der Waals surface area contributed by atoms with Crippen LogP contribution in [0.3, 0.4) is 0 Å². The molecular weight excluding hydrogens is 164 g/mol. The van der Waals surface area contributed by atoms with E-state index >= 15 is 0 Å². The zero-order chi connectivity index (χ0) is 10.0. The lowest BCUT2D eigenvalue weighted by molar-refractivity contribution is -0.131. The van der Waals surface area contributed by atoms with E-state index in [1.165, 1.54) is 0 Å². The summed E-state index contributed by atoms with van der Waals surface area (Å²) in [6, 6.07) is 0.511. The van der Waals surface area contributed by atoms with Gasteiger partial charge >= 0.3 is 0 Å². The van der Waals surface area contributed by atoms with Crippen molar-refractivity contribution in [2.45, 2.75) is 45.7 Å². The number of carbonyl (C=O) groups is 1. The van der Waals surface area contributed by atoms with E-state index < -0.39 is 0 Å². The maximum absolute atomic E-state index is 11.6. The molecule has 1 rings (SSSR count). The van der Waals surface area contributed by atoms with Crippen LogP contribution in [0, 0.1) is 5.92 Å². The van der Waals surface area contributed by atoms with Gasteiger partial charge in [-0.25, -0.2) is 0 Å². The highest BCUT2D eigenvalue weighted by Gasteiger charge is 2.34. The molecule has 0 bridgehead atoms. The summed E-state index contributed by atoms with van der Waals surface area (Å²) in [6.07, 6.45) is 1.92. The van der Waals surface area contributed by atoms with Crippen molar-refractivity contribution in [2.24, 2.45) is 11.7 Å². The molecule has 2 N–H and O–H groups in total. The van der Waals surface area contributed by atoms with E-state index in [2.05, 4.69) is 13.8 Å². The molecule has 0 aromatic carbocycles. The van der Waals surface area contributed by atoms with Crippen LogP contribution in [0.15, 0.2) is 0 Å². The molecule has 3 unspecified atom stereocenters. The standard InChI is InChI=1S/C10H20N2O/c1-4-9(11)6-12-8(3)5-7(2)10(12)13/h7-9H,4-6,11H2,1-3H3. The summed E-state index contributed by atoms with van der Waals surface area (Å²) in [5.74, 6) is 0.468. The Morgan fingerprint density at radius 1 is 1.62 bits per heavy atom. The van der Waals surface area contributed by atoms with E-state index in [1.54, 1.807) is 0 Å². The van der Waals surface area contributed by atoms with Crippen LogP contribution in [-0.4, -0.2) is 29.4 Å². The molecule has 1 heterocycles. The van der Waals surface area contributed by atoms with Crippen LogP contribution < -0.4 is 5.73 Å². The van der Waals surface area contributed by atoms with Gasteiger partial charge in [-0.1, -0.05) is 13.8 Å². The average molecular weight is 184 g/mol. The Balaban J connectivity index is 2.53. The predicted octanol–water partition coefficient (Wildman–Crippen LogP) is 0.981. The second-order valence-electron chi connectivity index (χ2n) is 4.14. The number of nitrogens with zero attached hydrogens (tertiary/aromatic N) is 1. The summed E-state index contributed by atoms with van der Waals surface area (Å²) in [5.41, 5.74) is 5.83. The highest BCUT2D eigenvalue weighted by molar-refractivity contribution is 5.81. The van der Waals surface area contributed by atoms with E-state index in [1.807, 2.05) is 11.8 Å². The zero-order valence-corrected chi connectivity index (χ0v) is 8.79. The number of hydrogen-bond donors (Lipinski definition) is 1. The topological polar surface area (TPSA) is 46.3 Å². The van der Waals surface area contributed by atoms with Gasteiger partial charge in [0.25, 0.3) is 0 Å². The second kappa shape index (κ2) is 4.09. The second-order valence-corrected chi connectivity index (χ2v) is 4.14. The number of hydrogen-bond acceptors (Lipinski definition) is 2. The largest absolute Gasteiger partial charge is 0.338 e. The van der Waals surface area contributed by atoms with Crippen LogP contribution in [0.1, 0.15) is 33.6 Å². The smallest absolute Gasteiger partial charge is 0.225 e. The summed E-state index contributed by atoms with van der Waals surface area (Å²) >= 11 is 0. The summed E-state index contributed by atoms with van der Waals surface area (Å²) in [4.78, 5) is 13.6. The fraction of sp³-hybridized carbons (Fsp3) is 0.900. The van der Waals surface area contributed by atoms with Gasteiger partial charge in [-0.05, 0) is 19.8 Å².